The predicted molar refractivity (Wildman–Crippen MR) is 48.0 cm³/mol. The summed E-state index contributed by atoms with van der Waals surface area (Å²) in [7, 11) is 0. The summed E-state index contributed by atoms with van der Waals surface area (Å²) in [5.41, 5.74) is 0.411. The van der Waals surface area contributed by atoms with E-state index in [0.717, 1.165) is 11.5 Å². The van der Waals surface area contributed by atoms with Crippen LogP contribution < -0.4 is 0 Å². The molecule has 0 aromatic carbocycles. The van der Waals surface area contributed by atoms with Gasteiger partial charge in [-0.1, -0.05) is 6.58 Å². The molecule has 0 bridgehead atoms. The summed E-state index contributed by atoms with van der Waals surface area (Å²) in [6, 6.07) is 0. The van der Waals surface area contributed by atoms with Crippen molar-refractivity contribution in [1.29, 1.82) is 0 Å². The number of carbonyl (C=O) groups excluding carboxylic acids is 1. The van der Waals surface area contributed by atoms with Crippen molar-refractivity contribution in [1.82, 2.24) is 0 Å². The normalized spacial score (nSPS) is 23.2. The van der Waals surface area contributed by atoms with Crippen molar-refractivity contribution in [2.24, 2.45) is 0 Å². The first-order chi connectivity index (χ1) is 5.70. The predicted octanol–water partition coefficient (Wildman–Crippen LogP) is 1.20. The average molecular weight is 188 g/mol. The van der Waals surface area contributed by atoms with Gasteiger partial charge < -0.3 is 9.47 Å². The molecule has 1 heterocycles. The third-order valence-corrected chi connectivity index (χ3v) is 2.34. The van der Waals surface area contributed by atoms with Crippen molar-refractivity contribution >= 4 is 17.7 Å². The van der Waals surface area contributed by atoms with Crippen LogP contribution in [0.3, 0.4) is 0 Å². The van der Waals surface area contributed by atoms with Gasteiger partial charge in [-0.25, -0.2) is 4.79 Å². The minimum Gasteiger partial charge on any atom is -0.431 e. The fourth-order valence-corrected chi connectivity index (χ4v) is 1.49. The Morgan fingerprint density at radius 3 is 3.00 bits per heavy atom. The van der Waals surface area contributed by atoms with E-state index in [0.29, 0.717) is 12.2 Å². The summed E-state index contributed by atoms with van der Waals surface area (Å²) in [5, 5.41) is 0. The number of esters is 1. The van der Waals surface area contributed by atoms with Gasteiger partial charge in [0.25, 0.3) is 0 Å². The molecule has 0 aromatic heterocycles. The second-order valence-electron chi connectivity index (χ2n) is 2.56. The second kappa shape index (κ2) is 4.52. The molecule has 3 nitrogen and oxygen atoms in total. The van der Waals surface area contributed by atoms with E-state index in [-0.39, 0.29) is 12.3 Å². The van der Waals surface area contributed by atoms with Gasteiger partial charge in [0.1, 0.15) is 0 Å². The highest BCUT2D eigenvalue weighted by atomic mass is 32.2. The maximum absolute atomic E-state index is 11.0. The van der Waals surface area contributed by atoms with Crippen LogP contribution in [-0.2, 0) is 14.3 Å². The zero-order valence-electron chi connectivity index (χ0n) is 7.04. The lowest BCUT2D eigenvalue weighted by molar-refractivity contribution is -0.168. The van der Waals surface area contributed by atoms with Gasteiger partial charge in [-0.15, -0.1) is 0 Å². The molecule has 1 rings (SSSR count). The molecule has 1 atom stereocenters. The lowest BCUT2D eigenvalue weighted by Gasteiger charge is -2.21. The van der Waals surface area contributed by atoms with Crippen LogP contribution in [0.2, 0.25) is 0 Å². The monoisotopic (exact) mass is 188 g/mol. The van der Waals surface area contributed by atoms with Crippen molar-refractivity contribution in [2.45, 2.75) is 13.2 Å². The second-order valence-corrected chi connectivity index (χ2v) is 3.71. The minimum atomic E-state index is -0.382. The molecule has 1 fully saturated rings. The molecule has 0 radical (unpaired) electrons. The fourth-order valence-electron chi connectivity index (χ4n) is 0.754. The van der Waals surface area contributed by atoms with Crippen LogP contribution in [0.1, 0.15) is 6.92 Å². The molecule has 0 aliphatic carbocycles. The Bertz CT molecular complexity index is 185. The molecule has 12 heavy (non-hydrogen) atoms. The van der Waals surface area contributed by atoms with E-state index in [1.165, 1.54) is 0 Å². The Morgan fingerprint density at radius 2 is 2.50 bits per heavy atom. The van der Waals surface area contributed by atoms with E-state index in [1.54, 1.807) is 18.7 Å². The van der Waals surface area contributed by atoms with E-state index in [1.807, 2.05) is 0 Å². The first-order valence-electron chi connectivity index (χ1n) is 3.76. The highest BCUT2D eigenvalue weighted by Crippen LogP contribution is 2.14. The van der Waals surface area contributed by atoms with Crippen LogP contribution in [0.25, 0.3) is 0 Å². The van der Waals surface area contributed by atoms with Crippen LogP contribution in [0.15, 0.2) is 12.2 Å². The first-order valence-corrected chi connectivity index (χ1v) is 4.91. The van der Waals surface area contributed by atoms with Gasteiger partial charge in [0, 0.05) is 11.3 Å². The quantitative estimate of drug-likeness (QED) is 0.482. The Labute approximate surface area is 76.1 Å². The van der Waals surface area contributed by atoms with Crippen molar-refractivity contribution < 1.29 is 14.3 Å². The lowest BCUT2D eigenvalue weighted by Crippen LogP contribution is -2.28. The van der Waals surface area contributed by atoms with E-state index < -0.39 is 0 Å². The van der Waals surface area contributed by atoms with E-state index in [9.17, 15) is 4.79 Å². The van der Waals surface area contributed by atoms with Crippen molar-refractivity contribution in [3.8, 4) is 0 Å². The Kier molecular flexibility index (Phi) is 3.62. The third kappa shape index (κ3) is 2.87. The van der Waals surface area contributed by atoms with Crippen molar-refractivity contribution in [2.75, 3.05) is 18.1 Å². The Morgan fingerprint density at radius 1 is 1.75 bits per heavy atom. The van der Waals surface area contributed by atoms with Gasteiger partial charge in [0.05, 0.1) is 12.4 Å². The fraction of sp³-hybridized carbons (Fsp3) is 0.625. The molecule has 4 heteroatoms. The van der Waals surface area contributed by atoms with Crippen LogP contribution >= 0.6 is 11.8 Å². The van der Waals surface area contributed by atoms with Gasteiger partial charge in [0.15, 0.2) is 0 Å². The Balaban J connectivity index is 2.29. The molecule has 0 spiro atoms. The summed E-state index contributed by atoms with van der Waals surface area (Å²) in [6.07, 6.45) is -0.382. The largest absolute Gasteiger partial charge is 0.431 e. The number of rotatable bonds is 2. The highest BCUT2D eigenvalue weighted by molar-refractivity contribution is 7.99. The Hall–Kier alpha value is -0.480. The van der Waals surface area contributed by atoms with Crippen LogP contribution in [0.5, 0.6) is 0 Å². The maximum Gasteiger partial charge on any atom is 0.335 e. The molecule has 0 amide bonds. The van der Waals surface area contributed by atoms with E-state index in [4.69, 9.17) is 9.47 Å². The van der Waals surface area contributed by atoms with Gasteiger partial charge in [0.2, 0.25) is 6.29 Å². The molecule has 1 aliphatic rings. The van der Waals surface area contributed by atoms with Crippen molar-refractivity contribution in [3.63, 3.8) is 0 Å². The van der Waals surface area contributed by atoms with E-state index >= 15 is 0 Å². The van der Waals surface area contributed by atoms with E-state index in [2.05, 4.69) is 6.58 Å². The average Bonchev–Trinajstić information content (AvgIpc) is 2.06. The zero-order chi connectivity index (χ0) is 8.97. The molecular formula is C8H12O3S. The summed E-state index contributed by atoms with van der Waals surface area (Å²) in [6.45, 7) is 5.76. The molecule has 0 N–H and O–H groups in total. The molecule has 1 aliphatic heterocycles. The number of hydrogen-bond acceptors (Lipinski definition) is 4. The number of ether oxygens (including phenoxy) is 2. The summed E-state index contributed by atoms with van der Waals surface area (Å²) in [4.78, 5) is 11.0. The first kappa shape index (κ1) is 9.61. The lowest BCUT2D eigenvalue weighted by atomic mass is 10.4. The summed E-state index contributed by atoms with van der Waals surface area (Å²) in [5.74, 6) is 1.32. The number of hydrogen-bond donors (Lipinski definition) is 0. The molecule has 0 aromatic rings. The number of thioether (sulfide) groups is 1. The van der Waals surface area contributed by atoms with Crippen LogP contribution in [0, 0.1) is 0 Å². The number of carbonyl (C=O) groups is 1. The van der Waals surface area contributed by atoms with Crippen molar-refractivity contribution in [3.05, 3.63) is 12.2 Å². The van der Waals surface area contributed by atoms with Crippen LogP contribution in [0.4, 0.5) is 0 Å². The smallest absolute Gasteiger partial charge is 0.335 e. The highest BCUT2D eigenvalue weighted by Gasteiger charge is 2.18. The molecule has 68 valence electrons. The van der Waals surface area contributed by atoms with Gasteiger partial charge in [-0.2, -0.15) is 11.8 Å². The molecular weight excluding hydrogens is 176 g/mol. The molecule has 1 unspecified atom stereocenters. The SMILES string of the molecule is C=C(C)C(=O)OC1CSCCO1. The molecule has 0 saturated carbocycles. The minimum absolute atomic E-state index is 0.373. The summed E-state index contributed by atoms with van der Waals surface area (Å²) >= 11 is 1.72. The van der Waals surface area contributed by atoms with Crippen LogP contribution in [-0.4, -0.2) is 30.4 Å². The van der Waals surface area contributed by atoms with Gasteiger partial charge in [-0.3, -0.25) is 0 Å². The topological polar surface area (TPSA) is 35.5 Å². The summed E-state index contributed by atoms with van der Waals surface area (Å²) < 4.78 is 10.2. The van der Waals surface area contributed by atoms with Gasteiger partial charge in [-0.05, 0) is 6.92 Å². The molecule has 1 saturated heterocycles. The zero-order valence-corrected chi connectivity index (χ0v) is 7.86. The maximum atomic E-state index is 11.0. The third-order valence-electron chi connectivity index (χ3n) is 1.37. The van der Waals surface area contributed by atoms with Gasteiger partial charge >= 0.3 is 5.97 Å². The standard InChI is InChI=1S/C8H12O3S/c1-6(2)8(9)11-7-5-12-4-3-10-7/h7H,1,3-5H2,2H3.